The van der Waals surface area contributed by atoms with E-state index in [1.54, 1.807) is 11.3 Å². The molecule has 0 aliphatic carbocycles. The minimum Gasteiger partial charge on any atom is -0.398 e. The van der Waals surface area contributed by atoms with Crippen LogP contribution in [0.3, 0.4) is 0 Å². The lowest BCUT2D eigenvalue weighted by Crippen LogP contribution is -1.85. The van der Waals surface area contributed by atoms with Crippen LogP contribution in [0.2, 0.25) is 5.02 Å². The number of rotatable bonds is 1. The van der Waals surface area contributed by atoms with Gasteiger partial charge in [0.15, 0.2) is 0 Å². The second kappa shape index (κ2) is 3.40. The smallest absolute Gasteiger partial charge is 0.0641 e. The minimum atomic E-state index is 0.617. The maximum Gasteiger partial charge on any atom is 0.0641 e. The van der Waals surface area contributed by atoms with Crippen molar-refractivity contribution < 1.29 is 0 Å². The van der Waals surface area contributed by atoms with Crippen LogP contribution in [0.15, 0.2) is 35.7 Å². The maximum absolute atomic E-state index is 5.91. The second-order valence-electron chi connectivity index (χ2n) is 2.71. The topological polar surface area (TPSA) is 26.0 Å². The predicted molar refractivity (Wildman–Crippen MR) is 59.2 cm³/mol. The van der Waals surface area contributed by atoms with Crippen LogP contribution in [0.25, 0.3) is 10.4 Å². The molecule has 3 heteroatoms. The fourth-order valence-corrected chi connectivity index (χ4v) is 2.03. The zero-order valence-corrected chi connectivity index (χ0v) is 8.40. The van der Waals surface area contributed by atoms with E-state index >= 15 is 0 Å². The third kappa shape index (κ3) is 1.69. The Bertz CT molecular complexity index is 409. The van der Waals surface area contributed by atoms with Gasteiger partial charge in [-0.05, 0) is 29.1 Å². The van der Waals surface area contributed by atoms with Crippen LogP contribution in [0.4, 0.5) is 5.69 Å². The first kappa shape index (κ1) is 8.60. The molecule has 0 atom stereocenters. The van der Waals surface area contributed by atoms with Crippen LogP contribution in [0.1, 0.15) is 0 Å². The monoisotopic (exact) mass is 209 g/mol. The Balaban J connectivity index is 2.49. The maximum atomic E-state index is 5.91. The summed E-state index contributed by atoms with van der Waals surface area (Å²) in [5, 5.41) is 2.66. The summed E-state index contributed by atoms with van der Waals surface area (Å²) < 4.78 is 0. The molecule has 1 nitrogen and oxygen atoms in total. The molecule has 2 N–H and O–H groups in total. The Labute approximate surface area is 85.8 Å². The van der Waals surface area contributed by atoms with Crippen LogP contribution in [-0.4, -0.2) is 0 Å². The molecule has 66 valence electrons. The Hall–Kier alpha value is -0.990. The standard InChI is InChI=1S/C10H8ClNS/c11-8-6-7(3-4-9(8)12)10-2-1-5-13-10/h1-6H,12H2. The quantitative estimate of drug-likeness (QED) is 0.713. The van der Waals surface area contributed by atoms with Gasteiger partial charge < -0.3 is 5.73 Å². The summed E-state index contributed by atoms with van der Waals surface area (Å²) >= 11 is 7.60. The number of nitrogen functional groups attached to an aromatic ring is 1. The van der Waals surface area contributed by atoms with Gasteiger partial charge in [0.1, 0.15) is 0 Å². The molecule has 0 radical (unpaired) electrons. The highest BCUT2D eigenvalue weighted by molar-refractivity contribution is 7.13. The van der Waals surface area contributed by atoms with Crippen molar-refractivity contribution in [2.45, 2.75) is 0 Å². The molecular formula is C10H8ClNS. The molecule has 0 saturated heterocycles. The van der Waals surface area contributed by atoms with Gasteiger partial charge in [0.2, 0.25) is 0 Å². The normalized spacial score (nSPS) is 10.2. The first-order chi connectivity index (χ1) is 6.27. The van der Waals surface area contributed by atoms with Crippen LogP contribution in [-0.2, 0) is 0 Å². The van der Waals surface area contributed by atoms with E-state index in [-0.39, 0.29) is 0 Å². The first-order valence-corrected chi connectivity index (χ1v) is 5.12. The molecule has 2 aromatic rings. The van der Waals surface area contributed by atoms with Crippen molar-refractivity contribution in [1.29, 1.82) is 0 Å². The van der Waals surface area contributed by atoms with E-state index in [2.05, 4.69) is 6.07 Å². The molecule has 1 aromatic carbocycles. The molecule has 0 aliphatic rings. The SMILES string of the molecule is Nc1ccc(-c2cccs2)cc1Cl. The van der Waals surface area contributed by atoms with Crippen LogP contribution in [0.5, 0.6) is 0 Å². The summed E-state index contributed by atoms with van der Waals surface area (Å²) in [4.78, 5) is 1.21. The van der Waals surface area contributed by atoms with Gasteiger partial charge in [0, 0.05) is 4.88 Å². The van der Waals surface area contributed by atoms with Crippen LogP contribution >= 0.6 is 22.9 Å². The van der Waals surface area contributed by atoms with E-state index in [1.165, 1.54) is 4.88 Å². The van der Waals surface area contributed by atoms with E-state index in [0.29, 0.717) is 10.7 Å². The van der Waals surface area contributed by atoms with Gasteiger partial charge in [-0.1, -0.05) is 23.7 Å². The highest BCUT2D eigenvalue weighted by Gasteiger charge is 2.01. The summed E-state index contributed by atoms with van der Waals surface area (Å²) in [6.07, 6.45) is 0. The molecular weight excluding hydrogens is 202 g/mol. The van der Waals surface area contributed by atoms with E-state index < -0.39 is 0 Å². The van der Waals surface area contributed by atoms with E-state index in [4.69, 9.17) is 17.3 Å². The summed E-state index contributed by atoms with van der Waals surface area (Å²) in [5.74, 6) is 0. The molecule has 13 heavy (non-hydrogen) atoms. The Morgan fingerprint density at radius 1 is 1.23 bits per heavy atom. The van der Waals surface area contributed by atoms with Crippen LogP contribution in [0, 0.1) is 0 Å². The molecule has 1 heterocycles. The van der Waals surface area contributed by atoms with Crippen molar-refractivity contribution in [2.75, 3.05) is 5.73 Å². The fourth-order valence-electron chi connectivity index (χ4n) is 1.12. The summed E-state index contributed by atoms with van der Waals surface area (Å²) in [6, 6.07) is 9.78. The molecule has 0 fully saturated rings. The third-order valence-corrected chi connectivity index (χ3v) is 3.05. The first-order valence-electron chi connectivity index (χ1n) is 3.86. The minimum absolute atomic E-state index is 0.617. The second-order valence-corrected chi connectivity index (χ2v) is 4.07. The highest BCUT2D eigenvalue weighted by Crippen LogP contribution is 2.29. The van der Waals surface area contributed by atoms with Gasteiger partial charge in [-0.2, -0.15) is 0 Å². The summed E-state index contributed by atoms with van der Waals surface area (Å²) in [6.45, 7) is 0. The number of anilines is 1. The number of halogens is 1. The van der Waals surface area contributed by atoms with Gasteiger partial charge in [-0.3, -0.25) is 0 Å². The van der Waals surface area contributed by atoms with Crippen LogP contribution < -0.4 is 5.73 Å². The Morgan fingerprint density at radius 3 is 2.69 bits per heavy atom. The predicted octanol–water partition coefficient (Wildman–Crippen LogP) is 3.65. The van der Waals surface area contributed by atoms with Crippen molar-refractivity contribution in [2.24, 2.45) is 0 Å². The van der Waals surface area contributed by atoms with Crippen molar-refractivity contribution in [3.05, 3.63) is 40.7 Å². The number of hydrogen-bond acceptors (Lipinski definition) is 2. The lowest BCUT2D eigenvalue weighted by atomic mass is 10.2. The Morgan fingerprint density at radius 2 is 2.08 bits per heavy atom. The van der Waals surface area contributed by atoms with Gasteiger partial charge in [0.05, 0.1) is 10.7 Å². The number of hydrogen-bond donors (Lipinski definition) is 1. The number of benzene rings is 1. The summed E-state index contributed by atoms with van der Waals surface area (Å²) in [7, 11) is 0. The highest BCUT2D eigenvalue weighted by atomic mass is 35.5. The molecule has 0 bridgehead atoms. The molecule has 0 amide bonds. The van der Waals surface area contributed by atoms with E-state index in [0.717, 1.165) is 5.56 Å². The molecule has 0 unspecified atom stereocenters. The van der Waals surface area contributed by atoms with Crippen molar-refractivity contribution >= 4 is 28.6 Å². The molecule has 0 spiro atoms. The zero-order valence-electron chi connectivity index (χ0n) is 6.83. The molecule has 1 aromatic heterocycles. The van der Waals surface area contributed by atoms with E-state index in [1.807, 2.05) is 29.6 Å². The number of thiophene rings is 1. The average Bonchev–Trinajstić information content (AvgIpc) is 2.62. The average molecular weight is 210 g/mol. The lowest BCUT2D eigenvalue weighted by Gasteiger charge is -2.00. The Kier molecular flexibility index (Phi) is 2.25. The van der Waals surface area contributed by atoms with Gasteiger partial charge >= 0.3 is 0 Å². The molecule has 2 rings (SSSR count). The van der Waals surface area contributed by atoms with Gasteiger partial charge in [-0.25, -0.2) is 0 Å². The molecule has 0 aliphatic heterocycles. The largest absolute Gasteiger partial charge is 0.398 e. The van der Waals surface area contributed by atoms with Gasteiger partial charge in [-0.15, -0.1) is 11.3 Å². The van der Waals surface area contributed by atoms with Crippen molar-refractivity contribution in [3.8, 4) is 10.4 Å². The lowest BCUT2D eigenvalue weighted by molar-refractivity contribution is 1.67. The van der Waals surface area contributed by atoms with E-state index in [9.17, 15) is 0 Å². The third-order valence-electron chi connectivity index (χ3n) is 1.81. The molecule has 0 saturated carbocycles. The van der Waals surface area contributed by atoms with Crippen molar-refractivity contribution in [1.82, 2.24) is 0 Å². The van der Waals surface area contributed by atoms with Gasteiger partial charge in [0.25, 0.3) is 0 Å². The summed E-state index contributed by atoms with van der Waals surface area (Å²) in [5.41, 5.74) is 7.36. The number of nitrogens with two attached hydrogens (primary N) is 1. The van der Waals surface area contributed by atoms with Crippen molar-refractivity contribution in [3.63, 3.8) is 0 Å². The fraction of sp³-hybridized carbons (Fsp3) is 0. The zero-order chi connectivity index (χ0) is 9.26.